The molecule has 0 amide bonds. The van der Waals surface area contributed by atoms with Gasteiger partial charge in [-0.2, -0.15) is 11.8 Å². The first-order chi connectivity index (χ1) is 8.90. The third kappa shape index (κ3) is 3.87. The normalized spacial score (nSPS) is 17.6. The molecule has 1 aromatic rings. The Kier molecular flexibility index (Phi) is 5.21. The molecular formula is C11H14Br2N2O2S2. The van der Waals surface area contributed by atoms with E-state index in [1.807, 2.05) is 11.8 Å². The van der Waals surface area contributed by atoms with Gasteiger partial charge in [0.15, 0.2) is 0 Å². The van der Waals surface area contributed by atoms with Crippen molar-refractivity contribution < 1.29 is 8.42 Å². The molecule has 1 aromatic carbocycles. The molecule has 0 aromatic heterocycles. The van der Waals surface area contributed by atoms with Gasteiger partial charge >= 0.3 is 0 Å². The van der Waals surface area contributed by atoms with Crippen LogP contribution in [0, 0.1) is 0 Å². The fourth-order valence-corrected chi connectivity index (χ4v) is 6.44. The molecule has 1 saturated heterocycles. The third-order valence-electron chi connectivity index (χ3n) is 2.85. The van der Waals surface area contributed by atoms with Crippen molar-refractivity contribution in [1.29, 1.82) is 0 Å². The van der Waals surface area contributed by atoms with Crippen LogP contribution in [-0.4, -0.2) is 26.0 Å². The highest BCUT2D eigenvalue weighted by Crippen LogP contribution is 2.32. The number of halogens is 2. The van der Waals surface area contributed by atoms with E-state index in [0.29, 0.717) is 4.47 Å². The lowest BCUT2D eigenvalue weighted by Gasteiger charge is -2.23. The Bertz CT molecular complexity index is 549. The molecule has 0 bridgehead atoms. The van der Waals surface area contributed by atoms with Crippen molar-refractivity contribution in [2.45, 2.75) is 23.8 Å². The van der Waals surface area contributed by atoms with E-state index < -0.39 is 10.0 Å². The van der Waals surface area contributed by atoms with Crippen LogP contribution in [0.25, 0.3) is 0 Å². The van der Waals surface area contributed by atoms with Gasteiger partial charge in [0.05, 0.1) is 5.69 Å². The number of nitrogens with one attached hydrogen (secondary N) is 1. The minimum Gasteiger partial charge on any atom is -0.398 e. The molecule has 1 fully saturated rings. The summed E-state index contributed by atoms with van der Waals surface area (Å²) in [5.74, 6) is 1.98. The molecule has 2 rings (SSSR count). The zero-order chi connectivity index (χ0) is 14.0. The van der Waals surface area contributed by atoms with Gasteiger partial charge in [-0.15, -0.1) is 0 Å². The lowest BCUT2D eigenvalue weighted by atomic mass is 10.2. The van der Waals surface area contributed by atoms with Gasteiger partial charge in [-0.3, -0.25) is 0 Å². The van der Waals surface area contributed by atoms with Gasteiger partial charge in [-0.1, -0.05) is 15.9 Å². The van der Waals surface area contributed by atoms with Crippen LogP contribution < -0.4 is 10.5 Å². The molecule has 19 heavy (non-hydrogen) atoms. The zero-order valence-electron chi connectivity index (χ0n) is 10.0. The number of benzene rings is 1. The molecule has 1 aliphatic rings. The molecule has 0 aliphatic carbocycles. The van der Waals surface area contributed by atoms with Gasteiger partial charge in [0, 0.05) is 15.0 Å². The van der Waals surface area contributed by atoms with E-state index in [1.54, 1.807) is 12.1 Å². The van der Waals surface area contributed by atoms with Gasteiger partial charge in [0.1, 0.15) is 4.90 Å². The van der Waals surface area contributed by atoms with Gasteiger partial charge in [0.25, 0.3) is 0 Å². The van der Waals surface area contributed by atoms with E-state index in [4.69, 9.17) is 5.73 Å². The molecule has 8 heteroatoms. The molecule has 0 spiro atoms. The molecule has 0 unspecified atom stereocenters. The van der Waals surface area contributed by atoms with Crippen LogP contribution >= 0.6 is 43.6 Å². The molecule has 0 saturated carbocycles. The zero-order valence-corrected chi connectivity index (χ0v) is 14.8. The first-order valence-corrected chi connectivity index (χ1v) is 9.97. The van der Waals surface area contributed by atoms with Crippen molar-refractivity contribution in [3.63, 3.8) is 0 Å². The summed E-state index contributed by atoms with van der Waals surface area (Å²) in [6.07, 6.45) is 1.72. The van der Waals surface area contributed by atoms with Crippen molar-refractivity contribution in [3.05, 3.63) is 21.1 Å². The highest BCUT2D eigenvalue weighted by molar-refractivity contribution is 9.11. The fourth-order valence-electron chi connectivity index (χ4n) is 1.96. The monoisotopic (exact) mass is 428 g/mol. The van der Waals surface area contributed by atoms with Gasteiger partial charge in [-0.25, -0.2) is 13.1 Å². The van der Waals surface area contributed by atoms with E-state index in [-0.39, 0.29) is 16.6 Å². The van der Waals surface area contributed by atoms with Crippen molar-refractivity contribution in [1.82, 2.24) is 4.72 Å². The highest BCUT2D eigenvalue weighted by atomic mass is 79.9. The first kappa shape index (κ1) is 15.6. The van der Waals surface area contributed by atoms with E-state index in [2.05, 4.69) is 36.6 Å². The molecular weight excluding hydrogens is 416 g/mol. The maximum Gasteiger partial charge on any atom is 0.243 e. The fraction of sp³-hybridized carbons (Fsp3) is 0.455. The summed E-state index contributed by atoms with van der Waals surface area (Å²) in [5.41, 5.74) is 6.07. The number of anilines is 1. The highest BCUT2D eigenvalue weighted by Gasteiger charge is 2.26. The van der Waals surface area contributed by atoms with Crippen LogP contribution in [0.15, 0.2) is 26.0 Å². The molecule has 1 heterocycles. The number of thioether (sulfide) groups is 1. The van der Waals surface area contributed by atoms with Gasteiger partial charge < -0.3 is 5.73 Å². The Labute approximate surface area is 134 Å². The predicted molar refractivity (Wildman–Crippen MR) is 86.9 cm³/mol. The first-order valence-electron chi connectivity index (χ1n) is 5.75. The number of nitrogen functional groups attached to an aromatic ring is 1. The smallest absolute Gasteiger partial charge is 0.243 e. The van der Waals surface area contributed by atoms with Crippen LogP contribution in [0.2, 0.25) is 0 Å². The maximum atomic E-state index is 12.4. The Morgan fingerprint density at radius 1 is 1.26 bits per heavy atom. The van der Waals surface area contributed by atoms with Crippen LogP contribution in [0.3, 0.4) is 0 Å². The largest absolute Gasteiger partial charge is 0.398 e. The number of sulfonamides is 1. The Morgan fingerprint density at radius 2 is 1.89 bits per heavy atom. The summed E-state index contributed by atoms with van der Waals surface area (Å²) in [6.45, 7) is 0. The van der Waals surface area contributed by atoms with Crippen LogP contribution in [0.5, 0.6) is 0 Å². The summed E-state index contributed by atoms with van der Waals surface area (Å²) in [6, 6.07) is 3.28. The Hall–Kier alpha value is 0.240. The van der Waals surface area contributed by atoms with Crippen LogP contribution in [0.4, 0.5) is 5.69 Å². The summed E-state index contributed by atoms with van der Waals surface area (Å²) in [7, 11) is -3.59. The Balaban J connectivity index is 2.29. The Morgan fingerprint density at radius 3 is 2.47 bits per heavy atom. The molecule has 0 atom stereocenters. The van der Waals surface area contributed by atoms with Crippen molar-refractivity contribution >= 4 is 59.3 Å². The number of hydrogen-bond acceptors (Lipinski definition) is 4. The van der Waals surface area contributed by atoms with E-state index >= 15 is 0 Å². The second kappa shape index (κ2) is 6.34. The number of hydrogen-bond donors (Lipinski definition) is 2. The third-order valence-corrected chi connectivity index (χ3v) is 6.88. The minimum absolute atomic E-state index is 0.00111. The molecule has 4 nitrogen and oxygen atoms in total. The molecule has 3 N–H and O–H groups in total. The standard InChI is InChI=1S/C11H14Br2N2O2S2/c12-7-5-9(13)11(10(14)6-7)19(16,17)15-8-1-3-18-4-2-8/h5-6,8,15H,1-4,14H2. The van der Waals surface area contributed by atoms with Crippen molar-refractivity contribution in [2.75, 3.05) is 17.2 Å². The SMILES string of the molecule is Nc1cc(Br)cc(Br)c1S(=O)(=O)NC1CCSCC1. The predicted octanol–water partition coefficient (Wildman–Crippen LogP) is 2.97. The summed E-state index contributed by atoms with van der Waals surface area (Å²) < 4.78 is 28.8. The second-order valence-corrected chi connectivity index (χ2v) is 8.96. The minimum atomic E-state index is -3.59. The van der Waals surface area contributed by atoms with Crippen molar-refractivity contribution in [2.24, 2.45) is 0 Å². The number of rotatable bonds is 3. The lowest BCUT2D eigenvalue weighted by Crippen LogP contribution is -2.37. The summed E-state index contributed by atoms with van der Waals surface area (Å²) >= 11 is 8.40. The quantitative estimate of drug-likeness (QED) is 0.724. The molecule has 0 radical (unpaired) electrons. The van der Waals surface area contributed by atoms with E-state index in [0.717, 1.165) is 28.8 Å². The molecule has 106 valence electrons. The van der Waals surface area contributed by atoms with Crippen molar-refractivity contribution in [3.8, 4) is 0 Å². The lowest BCUT2D eigenvalue weighted by molar-refractivity contribution is 0.529. The van der Waals surface area contributed by atoms with Crippen LogP contribution in [-0.2, 0) is 10.0 Å². The second-order valence-electron chi connectivity index (χ2n) is 4.31. The van der Waals surface area contributed by atoms with Gasteiger partial charge in [0.2, 0.25) is 10.0 Å². The topological polar surface area (TPSA) is 72.2 Å². The average molecular weight is 430 g/mol. The average Bonchev–Trinajstić information content (AvgIpc) is 2.27. The van der Waals surface area contributed by atoms with E-state index in [9.17, 15) is 8.42 Å². The summed E-state index contributed by atoms with van der Waals surface area (Å²) in [5, 5.41) is 0. The number of nitrogens with two attached hydrogens (primary N) is 1. The van der Waals surface area contributed by atoms with E-state index in [1.165, 1.54) is 0 Å². The van der Waals surface area contributed by atoms with Gasteiger partial charge in [-0.05, 0) is 52.4 Å². The summed E-state index contributed by atoms with van der Waals surface area (Å²) in [4.78, 5) is 0.119. The molecule has 1 aliphatic heterocycles. The van der Waals surface area contributed by atoms with Crippen LogP contribution in [0.1, 0.15) is 12.8 Å². The maximum absolute atomic E-state index is 12.4.